The van der Waals surface area contributed by atoms with Gasteiger partial charge in [-0.2, -0.15) is 0 Å². The van der Waals surface area contributed by atoms with Crippen molar-refractivity contribution in [1.82, 2.24) is 4.48 Å². The number of benzene rings is 2. The number of fused-ring (bicyclic) bond motifs is 2. The second kappa shape index (κ2) is 8.21. The van der Waals surface area contributed by atoms with E-state index in [1.54, 1.807) is 18.2 Å². The topological polar surface area (TPSA) is 20.0 Å². The summed E-state index contributed by atoms with van der Waals surface area (Å²) in [5.74, 6) is 0. The van der Waals surface area contributed by atoms with Crippen LogP contribution in [-0.2, 0) is 0 Å². The first-order valence-electron chi connectivity index (χ1n) is 11.0. The maximum Gasteiger partial charge on any atom is 0.737 e. The summed E-state index contributed by atoms with van der Waals surface area (Å²) >= 11 is 0. The number of halogens is 2. The number of hydrogen-bond donors (Lipinski definition) is 1. The van der Waals surface area contributed by atoms with Crippen molar-refractivity contribution < 1.29 is 13.1 Å². The van der Waals surface area contributed by atoms with Gasteiger partial charge in [-0.3, -0.25) is 0 Å². The van der Waals surface area contributed by atoms with E-state index in [2.05, 4.69) is 29.6 Å². The summed E-state index contributed by atoms with van der Waals surface area (Å²) in [4.78, 5) is 0. The number of hydrogen-bond acceptors (Lipinski definition) is 1. The minimum absolute atomic E-state index is 0.497. The lowest BCUT2D eigenvalue weighted by atomic mass is 9.91. The Labute approximate surface area is 192 Å². The van der Waals surface area contributed by atoms with Crippen LogP contribution >= 0.6 is 0 Å². The molecular formula is C27H24BF2N3. The van der Waals surface area contributed by atoms with Crippen LogP contribution in [0.2, 0.25) is 0 Å². The molecule has 2 aromatic carbocycles. The minimum Gasteiger partial charge on any atom is -0.390 e. The van der Waals surface area contributed by atoms with Crippen LogP contribution in [0.5, 0.6) is 0 Å². The van der Waals surface area contributed by atoms with Gasteiger partial charge in [-0.1, -0.05) is 54.6 Å². The average Bonchev–Trinajstić information content (AvgIpc) is 3.43. The van der Waals surface area contributed by atoms with Crippen molar-refractivity contribution in [3.8, 4) is 0 Å². The minimum atomic E-state index is -3.92. The lowest BCUT2D eigenvalue weighted by Crippen LogP contribution is -2.49. The van der Waals surface area contributed by atoms with Crippen LogP contribution in [0.3, 0.4) is 0 Å². The molecule has 0 fully saturated rings. The summed E-state index contributed by atoms with van der Waals surface area (Å²) in [5.41, 5.74) is 6.66. The van der Waals surface area contributed by atoms with Crippen LogP contribution in [-0.4, -0.2) is 29.2 Å². The molecule has 0 amide bonds. The van der Waals surface area contributed by atoms with Crippen LogP contribution in [0.1, 0.15) is 33.6 Å². The molecule has 2 aliphatic heterocycles. The van der Waals surface area contributed by atoms with E-state index < -0.39 is 6.97 Å². The predicted molar refractivity (Wildman–Crippen MR) is 136 cm³/mol. The average molecular weight is 439 g/mol. The Hall–Kier alpha value is -3.93. The first kappa shape index (κ1) is 20.9. The van der Waals surface area contributed by atoms with Crippen molar-refractivity contribution in [2.75, 3.05) is 12.4 Å². The monoisotopic (exact) mass is 439 g/mol. The Balaban J connectivity index is 1.36. The molecule has 0 bridgehead atoms. The zero-order valence-electron chi connectivity index (χ0n) is 18.5. The highest BCUT2D eigenvalue weighted by molar-refractivity contribution is 6.58. The van der Waals surface area contributed by atoms with E-state index in [-0.39, 0.29) is 0 Å². The second-order valence-corrected chi connectivity index (χ2v) is 8.29. The van der Waals surface area contributed by atoms with E-state index in [1.165, 1.54) is 6.21 Å². The summed E-state index contributed by atoms with van der Waals surface area (Å²) in [5, 5.41) is 3.11. The molecule has 2 aliphatic rings. The molecule has 5 rings (SSSR count). The molecule has 3 heterocycles. The van der Waals surface area contributed by atoms with Crippen molar-refractivity contribution in [1.29, 1.82) is 0 Å². The van der Waals surface area contributed by atoms with E-state index in [0.717, 1.165) is 36.9 Å². The Morgan fingerprint density at radius 2 is 1.45 bits per heavy atom. The van der Waals surface area contributed by atoms with E-state index in [4.69, 9.17) is 0 Å². The third-order valence-electron chi connectivity index (χ3n) is 6.10. The molecule has 0 aliphatic carbocycles. The quantitative estimate of drug-likeness (QED) is 0.360. The largest absolute Gasteiger partial charge is 0.737 e. The van der Waals surface area contributed by atoms with Gasteiger partial charge in [0.2, 0.25) is 0 Å². The van der Waals surface area contributed by atoms with Gasteiger partial charge in [-0.15, -0.1) is 0 Å². The molecule has 0 unspecified atom stereocenters. The SMILES string of the molecule is CNc1ccc(/C=C/c2ccc(/C=C/c3cc(C)c4n3[B-](F)(F)[N+]3=CC=CC3=C4)cc2)cc1. The molecule has 0 spiro atoms. The van der Waals surface area contributed by atoms with E-state index in [0.29, 0.717) is 17.1 Å². The summed E-state index contributed by atoms with van der Waals surface area (Å²) in [6.45, 7) is -2.05. The Kier molecular flexibility index (Phi) is 5.21. The Bertz CT molecular complexity index is 1360. The number of nitrogens with zero attached hydrogens (tertiary/aromatic N) is 2. The molecule has 33 heavy (non-hydrogen) atoms. The molecular weight excluding hydrogens is 415 g/mol. The predicted octanol–water partition coefficient (Wildman–Crippen LogP) is 6.41. The number of allylic oxidation sites excluding steroid dienone is 2. The zero-order chi connectivity index (χ0) is 23.0. The number of nitrogens with one attached hydrogen (secondary N) is 1. The van der Waals surface area contributed by atoms with Crippen LogP contribution in [0.25, 0.3) is 30.4 Å². The van der Waals surface area contributed by atoms with Crippen molar-refractivity contribution in [3.63, 3.8) is 0 Å². The zero-order valence-corrected chi connectivity index (χ0v) is 18.5. The van der Waals surface area contributed by atoms with Gasteiger partial charge in [0.05, 0.1) is 0 Å². The van der Waals surface area contributed by atoms with Crippen LogP contribution in [0, 0.1) is 6.92 Å². The van der Waals surface area contributed by atoms with Crippen molar-refractivity contribution in [3.05, 3.63) is 106 Å². The van der Waals surface area contributed by atoms with Crippen LogP contribution in [0.15, 0.2) is 72.4 Å². The van der Waals surface area contributed by atoms with Crippen LogP contribution in [0.4, 0.5) is 14.3 Å². The van der Waals surface area contributed by atoms with Crippen molar-refractivity contribution in [2.45, 2.75) is 6.92 Å². The normalized spacial score (nSPS) is 16.1. The fourth-order valence-corrected chi connectivity index (χ4v) is 4.28. The molecule has 0 radical (unpaired) electrons. The molecule has 0 atom stereocenters. The van der Waals surface area contributed by atoms with Gasteiger partial charge in [0.15, 0.2) is 5.70 Å². The molecule has 0 saturated heterocycles. The van der Waals surface area contributed by atoms with Gasteiger partial charge < -0.3 is 22.9 Å². The lowest BCUT2D eigenvalue weighted by molar-refractivity contribution is -0.355. The Morgan fingerprint density at radius 1 is 0.879 bits per heavy atom. The van der Waals surface area contributed by atoms with E-state index in [1.807, 2.05) is 68.6 Å². The van der Waals surface area contributed by atoms with Crippen molar-refractivity contribution >= 4 is 49.3 Å². The van der Waals surface area contributed by atoms with Crippen molar-refractivity contribution in [2.24, 2.45) is 0 Å². The summed E-state index contributed by atoms with van der Waals surface area (Å²) < 4.78 is 32.8. The first-order chi connectivity index (χ1) is 16.0. The summed E-state index contributed by atoms with van der Waals surface area (Å²) in [6.07, 6.45) is 14.4. The molecule has 6 heteroatoms. The van der Waals surface area contributed by atoms with Gasteiger partial charge in [-0.05, 0) is 53.5 Å². The smallest absolute Gasteiger partial charge is 0.390 e. The standard InChI is InChI=1S/C27H24BF2N3/c1-20-18-26(33-27(20)19-25-4-3-17-32(25)28(33,29)30)16-13-22-8-5-21(6-9-22)7-10-23-11-14-24(31-2)15-12-23/h3-19,31H,1-2H3/b10-7+,16-13+. The first-order valence-corrected chi connectivity index (χ1v) is 11.0. The fourth-order valence-electron chi connectivity index (χ4n) is 4.28. The number of anilines is 1. The highest BCUT2D eigenvalue weighted by Gasteiger charge is 2.50. The van der Waals surface area contributed by atoms with Gasteiger partial charge in [0, 0.05) is 42.4 Å². The maximum absolute atomic E-state index is 15.3. The maximum atomic E-state index is 15.3. The molecule has 164 valence electrons. The van der Waals surface area contributed by atoms with Gasteiger partial charge in [0.25, 0.3) is 0 Å². The molecule has 3 nitrogen and oxygen atoms in total. The van der Waals surface area contributed by atoms with Gasteiger partial charge >= 0.3 is 6.97 Å². The molecule has 3 aromatic rings. The Morgan fingerprint density at radius 3 is 2.06 bits per heavy atom. The highest BCUT2D eigenvalue weighted by Crippen LogP contribution is 2.34. The highest BCUT2D eigenvalue weighted by atomic mass is 19.2. The second-order valence-electron chi connectivity index (χ2n) is 8.29. The summed E-state index contributed by atoms with van der Waals surface area (Å²) in [7, 11) is 1.90. The molecule has 1 aromatic heterocycles. The van der Waals surface area contributed by atoms with Gasteiger partial charge in [-0.25, -0.2) is 0 Å². The fraction of sp³-hybridized carbons (Fsp3) is 0.0741. The molecule has 0 saturated carbocycles. The molecule has 1 N–H and O–H groups in total. The number of aryl methyl sites for hydroxylation is 1. The lowest BCUT2D eigenvalue weighted by Gasteiger charge is -2.29. The third kappa shape index (κ3) is 3.89. The third-order valence-corrected chi connectivity index (χ3v) is 6.10. The van der Waals surface area contributed by atoms with Crippen LogP contribution < -0.4 is 5.32 Å². The number of rotatable bonds is 5. The van der Waals surface area contributed by atoms with Gasteiger partial charge in [0.1, 0.15) is 6.21 Å². The van der Waals surface area contributed by atoms with E-state index in [9.17, 15) is 0 Å². The summed E-state index contributed by atoms with van der Waals surface area (Å²) in [6, 6.07) is 18.0. The number of aromatic nitrogens is 1. The van der Waals surface area contributed by atoms with E-state index >= 15 is 8.63 Å².